The number of nitrogens with zero attached hydrogens (tertiary/aromatic N) is 3. The first-order valence-corrected chi connectivity index (χ1v) is 15.4. The van der Waals surface area contributed by atoms with Crippen LogP contribution in [-0.4, -0.2) is 93.7 Å². The SMILES string of the molecule is COC(=O)c1cc(F)c(-c2cccc3c2OCN(C(=O)c2c(Cl)cc(N4CCNC(C(=O)O)C4)cc2Cl)C3)cc1N1CCOCC1. The maximum atomic E-state index is 15.7. The number of para-hydroxylation sites is 1. The predicted molar refractivity (Wildman–Crippen MR) is 170 cm³/mol. The van der Waals surface area contributed by atoms with Crippen molar-refractivity contribution in [2.24, 2.45) is 0 Å². The standard InChI is InChI=1S/C32H31Cl2FN4O7/c1-44-32(43)22-13-25(35)21(14-27(22)37-7-9-45-10-8-37)20-4-2-3-18-15-39(17-46-29(18)20)30(40)28-23(33)11-19(12-24(28)34)38-6-5-36-26(16-38)31(41)42/h2-4,11-14,26,36H,5-10,15-17H2,1H3,(H,41,42). The molecule has 0 aromatic heterocycles. The molecule has 0 saturated carbocycles. The van der Waals surface area contributed by atoms with E-state index in [1.807, 2.05) is 9.80 Å². The number of morpholine rings is 1. The van der Waals surface area contributed by atoms with E-state index in [4.69, 9.17) is 37.4 Å². The maximum Gasteiger partial charge on any atom is 0.340 e. The third-order valence-electron chi connectivity index (χ3n) is 8.32. The van der Waals surface area contributed by atoms with Crippen molar-refractivity contribution in [2.45, 2.75) is 12.6 Å². The van der Waals surface area contributed by atoms with Crippen molar-refractivity contribution < 1.29 is 38.1 Å². The second-order valence-corrected chi connectivity index (χ2v) is 11.9. The molecule has 1 amide bonds. The summed E-state index contributed by atoms with van der Waals surface area (Å²) in [5.74, 6) is -2.25. The molecule has 6 rings (SSSR count). The number of hydrogen-bond acceptors (Lipinski definition) is 9. The van der Waals surface area contributed by atoms with Gasteiger partial charge in [-0.1, -0.05) is 41.4 Å². The van der Waals surface area contributed by atoms with Crippen LogP contribution >= 0.6 is 23.2 Å². The molecule has 2 N–H and O–H groups in total. The molecular weight excluding hydrogens is 642 g/mol. The van der Waals surface area contributed by atoms with Crippen LogP contribution in [0.2, 0.25) is 10.0 Å². The number of halogens is 3. The van der Waals surface area contributed by atoms with Gasteiger partial charge in [0.05, 0.1) is 53.7 Å². The monoisotopic (exact) mass is 672 g/mol. The van der Waals surface area contributed by atoms with E-state index >= 15 is 4.39 Å². The first-order chi connectivity index (χ1) is 22.2. The van der Waals surface area contributed by atoms with Gasteiger partial charge >= 0.3 is 11.9 Å². The summed E-state index contributed by atoms with van der Waals surface area (Å²) < 4.78 is 32.1. The number of amides is 1. The number of carboxylic acids is 1. The van der Waals surface area contributed by atoms with Crippen LogP contribution in [0.1, 0.15) is 26.3 Å². The van der Waals surface area contributed by atoms with Crippen LogP contribution < -0.4 is 19.9 Å². The molecule has 2 saturated heterocycles. The second-order valence-electron chi connectivity index (χ2n) is 11.1. The lowest BCUT2D eigenvalue weighted by atomic mass is 9.97. The number of fused-ring (bicyclic) bond motifs is 1. The molecule has 46 heavy (non-hydrogen) atoms. The quantitative estimate of drug-likeness (QED) is 0.367. The van der Waals surface area contributed by atoms with Crippen LogP contribution in [0.25, 0.3) is 11.1 Å². The summed E-state index contributed by atoms with van der Waals surface area (Å²) in [6.45, 7) is 3.22. The molecule has 0 spiro atoms. The van der Waals surface area contributed by atoms with Crippen molar-refractivity contribution in [1.82, 2.24) is 10.2 Å². The summed E-state index contributed by atoms with van der Waals surface area (Å²) in [6.07, 6.45) is 0. The van der Waals surface area contributed by atoms with Crippen LogP contribution in [0.3, 0.4) is 0 Å². The van der Waals surface area contributed by atoms with E-state index in [2.05, 4.69) is 5.32 Å². The predicted octanol–water partition coefficient (Wildman–Crippen LogP) is 4.28. The fraction of sp³-hybridized carbons (Fsp3) is 0.344. The number of carbonyl (C=O) groups excluding carboxylic acids is 2. The fourth-order valence-corrected chi connectivity index (χ4v) is 6.62. The highest BCUT2D eigenvalue weighted by atomic mass is 35.5. The minimum atomic E-state index is -0.958. The van der Waals surface area contributed by atoms with Gasteiger partial charge in [-0.2, -0.15) is 0 Å². The molecule has 3 aromatic rings. The number of anilines is 2. The van der Waals surface area contributed by atoms with Gasteiger partial charge in [0, 0.05) is 55.1 Å². The van der Waals surface area contributed by atoms with Gasteiger partial charge in [-0.3, -0.25) is 9.59 Å². The number of hydrogen-bond donors (Lipinski definition) is 2. The summed E-state index contributed by atoms with van der Waals surface area (Å²) >= 11 is 13.2. The summed E-state index contributed by atoms with van der Waals surface area (Å²) in [5.41, 5.74) is 2.72. The summed E-state index contributed by atoms with van der Waals surface area (Å²) in [6, 6.07) is 10.5. The Morgan fingerprint density at radius 2 is 1.76 bits per heavy atom. The van der Waals surface area contributed by atoms with E-state index in [0.717, 1.165) is 0 Å². The van der Waals surface area contributed by atoms with Gasteiger partial charge in [0.2, 0.25) is 0 Å². The van der Waals surface area contributed by atoms with Gasteiger partial charge in [-0.05, 0) is 24.3 Å². The Morgan fingerprint density at radius 3 is 2.46 bits per heavy atom. The lowest BCUT2D eigenvalue weighted by Gasteiger charge is -2.34. The van der Waals surface area contributed by atoms with Crippen LogP contribution in [-0.2, 0) is 20.8 Å². The Labute approximate surface area is 274 Å². The molecule has 2 fully saturated rings. The first-order valence-electron chi connectivity index (χ1n) is 14.6. The number of nitrogens with one attached hydrogen (secondary N) is 1. The van der Waals surface area contributed by atoms with Gasteiger partial charge in [-0.25, -0.2) is 9.18 Å². The number of carboxylic acid groups (broad SMARTS) is 1. The highest BCUT2D eigenvalue weighted by molar-refractivity contribution is 6.40. The molecule has 14 heteroatoms. The van der Waals surface area contributed by atoms with Gasteiger partial charge in [0.25, 0.3) is 5.91 Å². The van der Waals surface area contributed by atoms with Crippen molar-refractivity contribution in [3.63, 3.8) is 0 Å². The molecule has 3 heterocycles. The molecule has 0 aliphatic carbocycles. The van der Waals surface area contributed by atoms with E-state index < -0.39 is 29.7 Å². The van der Waals surface area contributed by atoms with Gasteiger partial charge in [-0.15, -0.1) is 0 Å². The largest absolute Gasteiger partial charge is 0.480 e. The maximum absolute atomic E-state index is 15.7. The molecular formula is C32H31Cl2FN4O7. The molecule has 1 atom stereocenters. The zero-order chi connectivity index (χ0) is 32.5. The van der Waals surface area contributed by atoms with Crippen molar-refractivity contribution in [3.05, 3.63) is 75.0 Å². The molecule has 0 radical (unpaired) electrons. The Balaban J connectivity index is 1.27. The van der Waals surface area contributed by atoms with Crippen molar-refractivity contribution in [1.29, 1.82) is 0 Å². The average Bonchev–Trinajstić information content (AvgIpc) is 3.07. The normalized spacial score (nSPS) is 18.1. The number of ether oxygens (including phenoxy) is 3. The van der Waals surface area contributed by atoms with E-state index in [9.17, 15) is 19.5 Å². The minimum absolute atomic E-state index is 0.0970. The van der Waals surface area contributed by atoms with E-state index in [0.29, 0.717) is 67.6 Å². The van der Waals surface area contributed by atoms with Crippen LogP contribution in [0.5, 0.6) is 5.75 Å². The summed E-state index contributed by atoms with van der Waals surface area (Å²) in [4.78, 5) is 43.0. The molecule has 242 valence electrons. The molecule has 11 nitrogen and oxygen atoms in total. The number of methoxy groups -OCH3 is 1. The number of esters is 1. The highest BCUT2D eigenvalue weighted by Gasteiger charge is 2.31. The van der Waals surface area contributed by atoms with E-state index in [1.54, 1.807) is 36.4 Å². The fourth-order valence-electron chi connectivity index (χ4n) is 5.98. The van der Waals surface area contributed by atoms with Crippen LogP contribution in [0.4, 0.5) is 15.8 Å². The average molecular weight is 674 g/mol. The minimum Gasteiger partial charge on any atom is -0.480 e. The van der Waals surface area contributed by atoms with E-state index in [-0.39, 0.29) is 46.6 Å². The Bertz CT molecular complexity index is 1680. The number of carbonyl (C=O) groups is 3. The smallest absolute Gasteiger partial charge is 0.340 e. The molecule has 0 bridgehead atoms. The third kappa shape index (κ3) is 6.17. The lowest BCUT2D eigenvalue weighted by Crippen LogP contribution is -2.54. The molecule has 1 unspecified atom stereocenters. The van der Waals surface area contributed by atoms with Crippen molar-refractivity contribution in [2.75, 3.05) is 69.6 Å². The molecule has 3 aromatic carbocycles. The van der Waals surface area contributed by atoms with Crippen LogP contribution in [0, 0.1) is 5.82 Å². The summed E-state index contributed by atoms with van der Waals surface area (Å²) in [7, 11) is 1.25. The van der Waals surface area contributed by atoms with Crippen molar-refractivity contribution >= 4 is 52.4 Å². The number of rotatable bonds is 6. The van der Waals surface area contributed by atoms with Gasteiger partial charge in [0.15, 0.2) is 6.73 Å². The zero-order valence-corrected chi connectivity index (χ0v) is 26.4. The van der Waals surface area contributed by atoms with Crippen LogP contribution in [0.15, 0.2) is 42.5 Å². The Hall–Kier alpha value is -4.10. The number of aliphatic carboxylic acids is 1. The molecule has 3 aliphatic rings. The van der Waals surface area contributed by atoms with E-state index in [1.165, 1.54) is 18.1 Å². The Morgan fingerprint density at radius 1 is 1.02 bits per heavy atom. The summed E-state index contributed by atoms with van der Waals surface area (Å²) in [5, 5.41) is 12.6. The number of benzene rings is 3. The lowest BCUT2D eigenvalue weighted by molar-refractivity contribution is -0.139. The molecule has 3 aliphatic heterocycles. The zero-order valence-electron chi connectivity index (χ0n) is 24.9. The highest BCUT2D eigenvalue weighted by Crippen LogP contribution is 2.41. The second kappa shape index (κ2) is 13.3. The Kier molecular flexibility index (Phi) is 9.23. The number of piperazine rings is 1. The van der Waals surface area contributed by atoms with Gasteiger partial charge in [0.1, 0.15) is 17.6 Å². The first kappa shape index (κ1) is 31.9. The topological polar surface area (TPSA) is 121 Å². The third-order valence-corrected chi connectivity index (χ3v) is 8.92. The van der Waals surface area contributed by atoms with Crippen molar-refractivity contribution in [3.8, 4) is 16.9 Å². The van der Waals surface area contributed by atoms with Gasteiger partial charge < -0.3 is 39.3 Å².